The first-order valence-electron chi connectivity index (χ1n) is 6.73. The van der Waals surface area contributed by atoms with Crippen molar-refractivity contribution in [2.75, 3.05) is 20.6 Å². The molecule has 0 aromatic rings. The topological polar surface area (TPSA) is 35.5 Å². The van der Waals surface area contributed by atoms with E-state index < -0.39 is 5.60 Å². The Morgan fingerprint density at radius 1 is 1.19 bits per heavy atom. The van der Waals surface area contributed by atoms with Gasteiger partial charge in [0.1, 0.15) is 0 Å². The van der Waals surface area contributed by atoms with Crippen LogP contribution in [0.1, 0.15) is 44.9 Å². The zero-order chi connectivity index (χ0) is 11.6. The highest BCUT2D eigenvalue weighted by Crippen LogP contribution is 2.34. The maximum absolute atomic E-state index is 10.3. The summed E-state index contributed by atoms with van der Waals surface area (Å²) in [5.41, 5.74) is -0.439. The van der Waals surface area contributed by atoms with Crippen LogP contribution in [0.3, 0.4) is 0 Å². The first kappa shape index (κ1) is 12.3. The minimum absolute atomic E-state index is 0.439. The van der Waals surface area contributed by atoms with Crippen molar-refractivity contribution >= 4 is 0 Å². The Balaban J connectivity index is 1.79. The number of rotatable bonds is 4. The van der Waals surface area contributed by atoms with Crippen molar-refractivity contribution in [3.8, 4) is 0 Å². The van der Waals surface area contributed by atoms with Crippen LogP contribution in [-0.4, -0.2) is 48.3 Å². The second-order valence-corrected chi connectivity index (χ2v) is 5.74. The molecule has 2 saturated carbocycles. The lowest BCUT2D eigenvalue weighted by atomic mass is 9.80. The first-order chi connectivity index (χ1) is 7.64. The molecule has 16 heavy (non-hydrogen) atoms. The molecule has 0 bridgehead atoms. The van der Waals surface area contributed by atoms with Crippen molar-refractivity contribution in [3.63, 3.8) is 0 Å². The standard InChI is InChI=1S/C13H26N2O/c1-14-10-13(16)8-6-12(7-9-13)15(2)11-4-3-5-11/h11-12,14,16H,3-10H2,1-2H3. The van der Waals surface area contributed by atoms with Gasteiger partial charge in [0.25, 0.3) is 0 Å². The molecular weight excluding hydrogens is 200 g/mol. The number of aliphatic hydroxyl groups is 1. The molecular formula is C13H26N2O. The van der Waals surface area contributed by atoms with Crippen molar-refractivity contribution in [2.45, 2.75) is 62.6 Å². The van der Waals surface area contributed by atoms with Gasteiger partial charge in [0, 0.05) is 18.6 Å². The predicted octanol–water partition coefficient (Wildman–Crippen LogP) is 1.36. The maximum Gasteiger partial charge on any atom is 0.0772 e. The van der Waals surface area contributed by atoms with Crippen molar-refractivity contribution in [2.24, 2.45) is 0 Å². The van der Waals surface area contributed by atoms with Crippen LogP contribution in [0.15, 0.2) is 0 Å². The number of nitrogens with one attached hydrogen (secondary N) is 1. The first-order valence-corrected chi connectivity index (χ1v) is 6.73. The number of likely N-dealkylation sites (N-methyl/N-ethyl adjacent to an activating group) is 1. The van der Waals surface area contributed by atoms with Crippen LogP contribution < -0.4 is 5.32 Å². The van der Waals surface area contributed by atoms with Gasteiger partial charge >= 0.3 is 0 Å². The Hall–Kier alpha value is -0.120. The van der Waals surface area contributed by atoms with E-state index in [1.54, 1.807) is 0 Å². The molecule has 0 aromatic heterocycles. The highest BCUT2D eigenvalue weighted by atomic mass is 16.3. The lowest BCUT2D eigenvalue weighted by Gasteiger charge is -2.44. The van der Waals surface area contributed by atoms with Gasteiger partial charge in [0.15, 0.2) is 0 Å². The molecule has 2 aliphatic carbocycles. The minimum Gasteiger partial charge on any atom is -0.389 e. The van der Waals surface area contributed by atoms with Crippen LogP contribution in [-0.2, 0) is 0 Å². The van der Waals surface area contributed by atoms with Gasteiger partial charge in [0.05, 0.1) is 5.60 Å². The van der Waals surface area contributed by atoms with Crippen molar-refractivity contribution in [3.05, 3.63) is 0 Å². The summed E-state index contributed by atoms with van der Waals surface area (Å²) in [7, 11) is 4.20. The summed E-state index contributed by atoms with van der Waals surface area (Å²) in [5, 5.41) is 13.4. The van der Waals surface area contributed by atoms with Gasteiger partial charge in [-0.05, 0) is 52.6 Å². The van der Waals surface area contributed by atoms with E-state index in [9.17, 15) is 5.11 Å². The monoisotopic (exact) mass is 226 g/mol. The van der Waals surface area contributed by atoms with E-state index >= 15 is 0 Å². The molecule has 0 spiro atoms. The second-order valence-electron chi connectivity index (χ2n) is 5.74. The molecule has 2 N–H and O–H groups in total. The number of nitrogens with zero attached hydrogens (tertiary/aromatic N) is 1. The van der Waals surface area contributed by atoms with Crippen LogP contribution in [0, 0.1) is 0 Å². The van der Waals surface area contributed by atoms with Gasteiger partial charge in [-0.2, -0.15) is 0 Å². The SMILES string of the molecule is CNCC1(O)CCC(N(C)C2CCC2)CC1. The van der Waals surface area contributed by atoms with Gasteiger partial charge in [-0.3, -0.25) is 0 Å². The molecule has 94 valence electrons. The van der Waals surface area contributed by atoms with E-state index in [-0.39, 0.29) is 0 Å². The average molecular weight is 226 g/mol. The van der Waals surface area contributed by atoms with Crippen molar-refractivity contribution in [1.82, 2.24) is 10.2 Å². The molecule has 3 nitrogen and oxygen atoms in total. The van der Waals surface area contributed by atoms with E-state index in [4.69, 9.17) is 0 Å². The van der Waals surface area contributed by atoms with E-state index in [0.717, 1.165) is 38.3 Å². The van der Waals surface area contributed by atoms with Gasteiger partial charge in [0.2, 0.25) is 0 Å². The Bertz CT molecular complexity index is 220. The lowest BCUT2D eigenvalue weighted by Crippen LogP contribution is -2.50. The molecule has 3 heteroatoms. The second kappa shape index (κ2) is 5.03. The van der Waals surface area contributed by atoms with Crippen LogP contribution in [0.4, 0.5) is 0 Å². The molecule has 0 atom stereocenters. The molecule has 0 amide bonds. The maximum atomic E-state index is 10.3. The van der Waals surface area contributed by atoms with Gasteiger partial charge in [-0.1, -0.05) is 6.42 Å². The van der Waals surface area contributed by atoms with Gasteiger partial charge in [-0.25, -0.2) is 0 Å². The molecule has 0 radical (unpaired) electrons. The van der Waals surface area contributed by atoms with E-state index in [0.29, 0.717) is 6.04 Å². The summed E-state index contributed by atoms with van der Waals surface area (Å²) in [5.74, 6) is 0. The summed E-state index contributed by atoms with van der Waals surface area (Å²) in [4.78, 5) is 2.57. The summed E-state index contributed by atoms with van der Waals surface area (Å²) >= 11 is 0. The molecule has 0 heterocycles. The Kier molecular flexibility index (Phi) is 3.88. The Morgan fingerprint density at radius 2 is 1.75 bits per heavy atom. The molecule has 2 aliphatic rings. The van der Waals surface area contributed by atoms with Crippen LogP contribution in [0.25, 0.3) is 0 Å². The van der Waals surface area contributed by atoms with Crippen LogP contribution >= 0.6 is 0 Å². The summed E-state index contributed by atoms with van der Waals surface area (Å²) in [6.45, 7) is 0.743. The van der Waals surface area contributed by atoms with E-state index in [1.165, 1.54) is 19.3 Å². The summed E-state index contributed by atoms with van der Waals surface area (Å²) < 4.78 is 0. The Morgan fingerprint density at radius 3 is 2.19 bits per heavy atom. The van der Waals surface area contributed by atoms with Crippen molar-refractivity contribution in [1.29, 1.82) is 0 Å². The summed E-state index contributed by atoms with van der Waals surface area (Å²) in [6, 6.07) is 1.54. The van der Waals surface area contributed by atoms with E-state index in [1.807, 2.05) is 7.05 Å². The molecule has 0 saturated heterocycles. The van der Waals surface area contributed by atoms with Crippen molar-refractivity contribution < 1.29 is 5.11 Å². The van der Waals surface area contributed by atoms with Crippen LogP contribution in [0.5, 0.6) is 0 Å². The highest BCUT2D eigenvalue weighted by molar-refractivity contribution is 4.92. The fraction of sp³-hybridized carbons (Fsp3) is 1.00. The van der Waals surface area contributed by atoms with Gasteiger partial charge < -0.3 is 15.3 Å². The zero-order valence-electron chi connectivity index (χ0n) is 10.7. The highest BCUT2D eigenvalue weighted by Gasteiger charge is 2.36. The summed E-state index contributed by atoms with van der Waals surface area (Å²) in [6.07, 6.45) is 8.40. The average Bonchev–Trinajstić information content (AvgIpc) is 2.16. The van der Waals surface area contributed by atoms with Gasteiger partial charge in [-0.15, -0.1) is 0 Å². The number of hydrogen-bond donors (Lipinski definition) is 2. The Labute approximate surface area is 99.2 Å². The predicted molar refractivity (Wildman–Crippen MR) is 66.5 cm³/mol. The molecule has 0 unspecified atom stereocenters. The van der Waals surface area contributed by atoms with Crippen LogP contribution in [0.2, 0.25) is 0 Å². The smallest absolute Gasteiger partial charge is 0.0772 e. The van der Waals surface area contributed by atoms with E-state index in [2.05, 4.69) is 17.3 Å². The number of hydrogen-bond acceptors (Lipinski definition) is 3. The molecule has 2 fully saturated rings. The third-order valence-electron chi connectivity index (χ3n) is 4.62. The fourth-order valence-corrected chi connectivity index (χ4v) is 3.15. The normalized spacial score (nSPS) is 36.4. The lowest BCUT2D eigenvalue weighted by molar-refractivity contribution is -0.0257. The largest absolute Gasteiger partial charge is 0.389 e. The molecule has 2 rings (SSSR count). The zero-order valence-corrected chi connectivity index (χ0v) is 10.7. The quantitative estimate of drug-likeness (QED) is 0.760. The third kappa shape index (κ3) is 2.58. The molecule has 0 aliphatic heterocycles. The molecule has 0 aromatic carbocycles. The minimum atomic E-state index is -0.439. The third-order valence-corrected chi connectivity index (χ3v) is 4.62. The fourth-order valence-electron chi connectivity index (χ4n) is 3.15.